The molecule has 0 spiro atoms. The van der Waals surface area contributed by atoms with Crippen LogP contribution < -0.4 is 5.73 Å². The van der Waals surface area contributed by atoms with Crippen LogP contribution in [0.4, 0.5) is 13.2 Å². The number of rotatable bonds is 3. The quantitative estimate of drug-likeness (QED) is 0.901. The van der Waals surface area contributed by atoms with Crippen molar-refractivity contribution in [3.05, 3.63) is 29.8 Å². The highest BCUT2D eigenvalue weighted by Crippen LogP contribution is 2.34. The summed E-state index contributed by atoms with van der Waals surface area (Å²) in [6, 6.07) is 3.98. The van der Waals surface area contributed by atoms with Crippen molar-refractivity contribution < 1.29 is 21.6 Å². The Bertz CT molecular complexity index is 596. The summed E-state index contributed by atoms with van der Waals surface area (Å²) in [5.74, 6) is 0.318. The van der Waals surface area contributed by atoms with E-state index in [9.17, 15) is 21.6 Å². The first-order chi connectivity index (χ1) is 9.75. The maximum atomic E-state index is 12.7. The third-order valence-electron chi connectivity index (χ3n) is 4.06. The number of hydrogen-bond acceptors (Lipinski definition) is 3. The van der Waals surface area contributed by atoms with Crippen molar-refractivity contribution in [3.63, 3.8) is 0 Å². The smallest absolute Gasteiger partial charge is 0.330 e. The fourth-order valence-corrected chi connectivity index (χ4v) is 4.56. The van der Waals surface area contributed by atoms with Crippen LogP contribution in [0.1, 0.15) is 31.2 Å². The van der Waals surface area contributed by atoms with Gasteiger partial charge in [0, 0.05) is 0 Å². The van der Waals surface area contributed by atoms with Gasteiger partial charge in [0.25, 0.3) is 0 Å². The van der Waals surface area contributed by atoms with Crippen LogP contribution in [-0.2, 0) is 16.0 Å². The summed E-state index contributed by atoms with van der Waals surface area (Å²) in [5.41, 5.74) is 4.63. The highest BCUT2D eigenvalue weighted by molar-refractivity contribution is 7.92. The Labute approximate surface area is 134 Å². The first kappa shape index (κ1) is 19.3. The van der Waals surface area contributed by atoms with Crippen LogP contribution in [0.5, 0.6) is 0 Å². The van der Waals surface area contributed by atoms with Crippen molar-refractivity contribution in [2.45, 2.75) is 42.0 Å². The fourth-order valence-electron chi connectivity index (χ4n) is 2.72. The molecule has 1 aliphatic carbocycles. The van der Waals surface area contributed by atoms with E-state index in [1.54, 1.807) is 0 Å². The zero-order chi connectivity index (χ0) is 15.7. The standard InChI is InChI=1S/C14H18F3NO2S.ClH/c15-14(16,17)11-2-1-3-13(8-11)21(19,20)12-6-4-10(9-18)5-7-12;/h1-3,8,10,12H,4-7,9,18H2;1H. The number of benzene rings is 1. The average molecular weight is 358 g/mol. The minimum Gasteiger partial charge on any atom is -0.330 e. The second-order valence-electron chi connectivity index (χ2n) is 5.45. The van der Waals surface area contributed by atoms with Crippen LogP contribution in [0.3, 0.4) is 0 Å². The molecule has 0 amide bonds. The zero-order valence-electron chi connectivity index (χ0n) is 11.8. The second kappa shape index (κ2) is 7.19. The molecule has 126 valence electrons. The Kier molecular flexibility index (Phi) is 6.29. The van der Waals surface area contributed by atoms with Crippen molar-refractivity contribution in [1.82, 2.24) is 0 Å². The minimum atomic E-state index is -4.54. The van der Waals surface area contributed by atoms with Gasteiger partial charge in [-0.25, -0.2) is 8.42 Å². The molecule has 3 nitrogen and oxygen atoms in total. The lowest BCUT2D eigenvalue weighted by molar-refractivity contribution is -0.137. The number of halogens is 4. The molecule has 1 saturated carbocycles. The van der Waals surface area contributed by atoms with E-state index in [0.717, 1.165) is 18.2 Å². The first-order valence-electron chi connectivity index (χ1n) is 6.86. The molecular weight excluding hydrogens is 339 g/mol. The predicted octanol–water partition coefficient (Wildman–Crippen LogP) is 3.42. The van der Waals surface area contributed by atoms with Crippen LogP contribution in [-0.4, -0.2) is 20.2 Å². The normalized spacial score (nSPS) is 22.9. The molecule has 2 rings (SSSR count). The van der Waals surface area contributed by atoms with E-state index in [1.807, 2.05) is 0 Å². The van der Waals surface area contributed by atoms with Gasteiger partial charge in [-0.15, -0.1) is 12.4 Å². The molecule has 0 atom stereocenters. The summed E-state index contributed by atoms with van der Waals surface area (Å²) in [6.07, 6.45) is -2.21. The van der Waals surface area contributed by atoms with Gasteiger partial charge in [0.05, 0.1) is 15.7 Å². The van der Waals surface area contributed by atoms with Crippen LogP contribution in [0.15, 0.2) is 29.2 Å². The first-order valence-corrected chi connectivity index (χ1v) is 8.41. The van der Waals surface area contributed by atoms with Crippen LogP contribution >= 0.6 is 12.4 Å². The van der Waals surface area contributed by atoms with Gasteiger partial charge in [-0.3, -0.25) is 0 Å². The van der Waals surface area contributed by atoms with Crippen molar-refractivity contribution in [2.75, 3.05) is 6.54 Å². The van der Waals surface area contributed by atoms with E-state index >= 15 is 0 Å². The molecule has 1 fully saturated rings. The largest absolute Gasteiger partial charge is 0.416 e. The second-order valence-corrected chi connectivity index (χ2v) is 7.68. The van der Waals surface area contributed by atoms with E-state index in [4.69, 9.17) is 5.73 Å². The van der Waals surface area contributed by atoms with Gasteiger partial charge in [0.1, 0.15) is 0 Å². The average Bonchev–Trinajstić information content (AvgIpc) is 2.46. The Hall–Kier alpha value is -0.790. The topological polar surface area (TPSA) is 60.2 Å². The van der Waals surface area contributed by atoms with E-state index in [2.05, 4.69) is 0 Å². The molecule has 0 saturated heterocycles. The summed E-state index contributed by atoms with van der Waals surface area (Å²) in [5, 5.41) is -0.608. The number of nitrogens with two attached hydrogens (primary N) is 1. The lowest BCUT2D eigenvalue weighted by Crippen LogP contribution is -2.30. The van der Waals surface area contributed by atoms with Crippen molar-refractivity contribution in [2.24, 2.45) is 11.7 Å². The lowest BCUT2D eigenvalue weighted by atomic mass is 9.89. The number of hydrogen-bond donors (Lipinski definition) is 1. The summed E-state index contributed by atoms with van der Waals surface area (Å²) in [7, 11) is -3.72. The molecule has 0 aliphatic heterocycles. The molecule has 8 heteroatoms. The van der Waals surface area contributed by atoms with Gasteiger partial charge in [0.2, 0.25) is 0 Å². The van der Waals surface area contributed by atoms with Crippen LogP contribution in [0, 0.1) is 5.92 Å². The van der Waals surface area contributed by atoms with Gasteiger partial charge in [0.15, 0.2) is 9.84 Å². The zero-order valence-corrected chi connectivity index (χ0v) is 13.5. The van der Waals surface area contributed by atoms with Crippen LogP contribution in [0.25, 0.3) is 0 Å². The third kappa shape index (κ3) is 4.14. The van der Waals surface area contributed by atoms with E-state index < -0.39 is 26.8 Å². The van der Waals surface area contributed by atoms with Crippen molar-refractivity contribution in [3.8, 4) is 0 Å². The fraction of sp³-hybridized carbons (Fsp3) is 0.571. The third-order valence-corrected chi connectivity index (χ3v) is 6.32. The molecule has 0 radical (unpaired) electrons. The lowest BCUT2D eigenvalue weighted by Gasteiger charge is -2.27. The number of sulfone groups is 1. The minimum absolute atomic E-state index is 0. The summed E-state index contributed by atoms with van der Waals surface area (Å²) >= 11 is 0. The van der Waals surface area contributed by atoms with E-state index in [0.29, 0.717) is 38.1 Å². The van der Waals surface area contributed by atoms with Gasteiger partial charge >= 0.3 is 6.18 Å². The van der Waals surface area contributed by atoms with Gasteiger partial charge in [-0.1, -0.05) is 6.07 Å². The maximum absolute atomic E-state index is 12.7. The van der Waals surface area contributed by atoms with Crippen molar-refractivity contribution >= 4 is 22.2 Å². The molecule has 1 aromatic rings. The summed E-state index contributed by atoms with van der Waals surface area (Å²) in [6.45, 7) is 0.524. The molecule has 0 aromatic heterocycles. The molecule has 0 bridgehead atoms. The van der Waals surface area contributed by atoms with E-state index in [-0.39, 0.29) is 17.3 Å². The highest BCUT2D eigenvalue weighted by Gasteiger charge is 2.35. The Morgan fingerprint density at radius 2 is 1.73 bits per heavy atom. The molecule has 2 N–H and O–H groups in total. The maximum Gasteiger partial charge on any atom is 0.416 e. The molecule has 1 aliphatic rings. The summed E-state index contributed by atoms with van der Waals surface area (Å²) < 4.78 is 63.0. The Morgan fingerprint density at radius 1 is 1.14 bits per heavy atom. The Balaban J connectivity index is 0.00000242. The molecule has 0 unspecified atom stereocenters. The predicted molar refractivity (Wildman–Crippen MR) is 80.7 cm³/mol. The molecule has 22 heavy (non-hydrogen) atoms. The monoisotopic (exact) mass is 357 g/mol. The Morgan fingerprint density at radius 3 is 2.23 bits per heavy atom. The molecule has 1 aromatic carbocycles. The van der Waals surface area contributed by atoms with Gasteiger partial charge in [-0.05, 0) is 56.3 Å². The van der Waals surface area contributed by atoms with E-state index in [1.165, 1.54) is 6.07 Å². The van der Waals surface area contributed by atoms with Crippen LogP contribution in [0.2, 0.25) is 0 Å². The summed E-state index contributed by atoms with van der Waals surface area (Å²) in [4.78, 5) is -0.242. The molecular formula is C14H19ClF3NO2S. The SMILES string of the molecule is Cl.NCC1CCC(S(=O)(=O)c2cccc(C(F)(F)F)c2)CC1. The number of alkyl halides is 3. The molecule has 0 heterocycles. The van der Waals surface area contributed by atoms with Gasteiger partial charge in [-0.2, -0.15) is 13.2 Å². The van der Waals surface area contributed by atoms with Crippen molar-refractivity contribution in [1.29, 1.82) is 0 Å². The highest BCUT2D eigenvalue weighted by atomic mass is 35.5. The van der Waals surface area contributed by atoms with Gasteiger partial charge < -0.3 is 5.73 Å².